The first-order valence-corrected chi connectivity index (χ1v) is 6.09. The van der Waals surface area contributed by atoms with Gasteiger partial charge in [-0.15, -0.1) is 11.3 Å². The standard InChI is InChI=1S/C11H18N2O2S/c1-7(11(14)15-4)5-12-9(3)10-13-6-8(2)16-10/h6-7,9,12H,5H2,1-4H3. The molecule has 2 unspecified atom stereocenters. The number of aromatic nitrogens is 1. The van der Waals surface area contributed by atoms with Crippen LogP contribution in [0.25, 0.3) is 0 Å². The predicted octanol–water partition coefficient (Wildman–Crippen LogP) is 1.91. The van der Waals surface area contributed by atoms with Crippen LogP contribution in [0.1, 0.15) is 29.8 Å². The summed E-state index contributed by atoms with van der Waals surface area (Å²) in [4.78, 5) is 16.7. The molecule has 0 saturated carbocycles. The number of esters is 1. The van der Waals surface area contributed by atoms with E-state index in [0.29, 0.717) is 6.54 Å². The molecule has 0 amide bonds. The Kier molecular flexibility index (Phi) is 4.89. The molecule has 2 atom stereocenters. The molecule has 0 aliphatic carbocycles. The number of aryl methyl sites for hydroxylation is 1. The Hall–Kier alpha value is -0.940. The van der Waals surface area contributed by atoms with Gasteiger partial charge in [0.1, 0.15) is 5.01 Å². The maximum Gasteiger partial charge on any atom is 0.309 e. The van der Waals surface area contributed by atoms with Gasteiger partial charge < -0.3 is 10.1 Å². The van der Waals surface area contributed by atoms with Crippen LogP contribution in [0, 0.1) is 12.8 Å². The molecule has 1 aromatic rings. The lowest BCUT2D eigenvalue weighted by atomic mass is 10.2. The quantitative estimate of drug-likeness (QED) is 0.801. The van der Waals surface area contributed by atoms with Gasteiger partial charge in [0.2, 0.25) is 0 Å². The van der Waals surface area contributed by atoms with E-state index in [9.17, 15) is 4.79 Å². The highest BCUT2D eigenvalue weighted by atomic mass is 32.1. The number of methoxy groups -OCH3 is 1. The number of rotatable bonds is 5. The molecule has 0 radical (unpaired) electrons. The van der Waals surface area contributed by atoms with Crippen LogP contribution in [0.15, 0.2) is 6.20 Å². The SMILES string of the molecule is COC(=O)C(C)CNC(C)c1ncc(C)s1. The summed E-state index contributed by atoms with van der Waals surface area (Å²) in [5.41, 5.74) is 0. The molecular weight excluding hydrogens is 224 g/mol. The largest absolute Gasteiger partial charge is 0.469 e. The van der Waals surface area contributed by atoms with Crippen LogP contribution in [0.3, 0.4) is 0 Å². The van der Waals surface area contributed by atoms with E-state index in [4.69, 9.17) is 0 Å². The summed E-state index contributed by atoms with van der Waals surface area (Å²) in [6, 6.07) is 0.172. The van der Waals surface area contributed by atoms with Crippen LogP contribution in [0.2, 0.25) is 0 Å². The van der Waals surface area contributed by atoms with Gasteiger partial charge in [0, 0.05) is 17.6 Å². The molecule has 0 aliphatic rings. The van der Waals surface area contributed by atoms with E-state index in [1.54, 1.807) is 11.3 Å². The van der Waals surface area contributed by atoms with Crippen LogP contribution >= 0.6 is 11.3 Å². The Bertz CT molecular complexity index is 352. The molecule has 1 aromatic heterocycles. The second kappa shape index (κ2) is 5.96. The number of carbonyl (C=O) groups excluding carboxylic acids is 1. The van der Waals surface area contributed by atoms with E-state index in [-0.39, 0.29) is 17.9 Å². The molecule has 0 aliphatic heterocycles. The number of nitrogens with zero attached hydrogens (tertiary/aromatic N) is 1. The van der Waals surface area contributed by atoms with Gasteiger partial charge in [-0.2, -0.15) is 0 Å². The molecule has 1 N–H and O–H groups in total. The topological polar surface area (TPSA) is 51.2 Å². The minimum Gasteiger partial charge on any atom is -0.469 e. The first-order valence-electron chi connectivity index (χ1n) is 5.28. The van der Waals surface area contributed by atoms with Gasteiger partial charge in [-0.25, -0.2) is 4.98 Å². The summed E-state index contributed by atoms with van der Waals surface area (Å²) in [5.74, 6) is -0.316. The van der Waals surface area contributed by atoms with Crippen molar-refractivity contribution in [1.82, 2.24) is 10.3 Å². The van der Waals surface area contributed by atoms with Gasteiger partial charge in [-0.1, -0.05) is 6.92 Å². The van der Waals surface area contributed by atoms with Crippen molar-refractivity contribution in [2.45, 2.75) is 26.8 Å². The number of carbonyl (C=O) groups is 1. The fourth-order valence-electron chi connectivity index (χ4n) is 1.30. The highest BCUT2D eigenvalue weighted by molar-refractivity contribution is 7.11. The average Bonchev–Trinajstić information content (AvgIpc) is 2.71. The Labute approximate surface area is 100 Å². The molecular formula is C11H18N2O2S. The summed E-state index contributed by atoms with van der Waals surface area (Å²) in [5, 5.41) is 4.32. The molecule has 0 saturated heterocycles. The monoisotopic (exact) mass is 242 g/mol. The number of hydrogen-bond donors (Lipinski definition) is 1. The lowest BCUT2D eigenvalue weighted by Crippen LogP contribution is -2.29. The molecule has 90 valence electrons. The average molecular weight is 242 g/mol. The summed E-state index contributed by atoms with van der Waals surface area (Å²) in [7, 11) is 1.41. The van der Waals surface area contributed by atoms with Gasteiger partial charge in [-0.3, -0.25) is 4.79 Å². The molecule has 16 heavy (non-hydrogen) atoms. The van der Waals surface area contributed by atoms with Crippen molar-refractivity contribution in [2.75, 3.05) is 13.7 Å². The highest BCUT2D eigenvalue weighted by Crippen LogP contribution is 2.18. The summed E-state index contributed by atoms with van der Waals surface area (Å²) < 4.78 is 4.66. The molecule has 1 heterocycles. The lowest BCUT2D eigenvalue weighted by molar-refractivity contribution is -0.144. The molecule has 0 bridgehead atoms. The second-order valence-corrected chi connectivity index (χ2v) is 5.13. The summed E-state index contributed by atoms with van der Waals surface area (Å²) in [6.45, 7) is 6.53. The molecule has 1 rings (SSSR count). The fraction of sp³-hybridized carbons (Fsp3) is 0.636. The maximum absolute atomic E-state index is 11.2. The minimum atomic E-state index is -0.185. The third-order valence-electron chi connectivity index (χ3n) is 2.34. The van der Waals surface area contributed by atoms with E-state index in [0.717, 1.165) is 5.01 Å². The van der Waals surface area contributed by atoms with Gasteiger partial charge in [-0.05, 0) is 13.8 Å². The molecule has 5 heteroatoms. The minimum absolute atomic E-state index is 0.131. The third-order valence-corrected chi connectivity index (χ3v) is 3.44. The van der Waals surface area contributed by atoms with Gasteiger partial charge >= 0.3 is 5.97 Å². The van der Waals surface area contributed by atoms with E-state index in [1.165, 1.54) is 12.0 Å². The second-order valence-electron chi connectivity index (χ2n) is 3.86. The number of ether oxygens (including phenoxy) is 1. The Morgan fingerprint density at radius 1 is 1.62 bits per heavy atom. The summed E-state index contributed by atoms with van der Waals surface area (Å²) >= 11 is 1.67. The van der Waals surface area contributed by atoms with Crippen molar-refractivity contribution in [3.05, 3.63) is 16.1 Å². The van der Waals surface area contributed by atoms with Crippen molar-refractivity contribution in [3.8, 4) is 0 Å². The van der Waals surface area contributed by atoms with Crippen LogP contribution in [-0.4, -0.2) is 24.6 Å². The predicted molar refractivity (Wildman–Crippen MR) is 64.4 cm³/mol. The van der Waals surface area contributed by atoms with Crippen LogP contribution in [-0.2, 0) is 9.53 Å². The number of hydrogen-bond acceptors (Lipinski definition) is 5. The highest BCUT2D eigenvalue weighted by Gasteiger charge is 2.15. The van der Waals surface area contributed by atoms with Gasteiger partial charge in [0.05, 0.1) is 19.1 Å². The lowest BCUT2D eigenvalue weighted by Gasteiger charge is -2.14. The zero-order chi connectivity index (χ0) is 12.1. The first kappa shape index (κ1) is 13.1. The van der Waals surface area contributed by atoms with Crippen LogP contribution in [0.5, 0.6) is 0 Å². The van der Waals surface area contributed by atoms with E-state index < -0.39 is 0 Å². The molecule has 0 fully saturated rings. The van der Waals surface area contributed by atoms with Crippen LogP contribution in [0.4, 0.5) is 0 Å². The Morgan fingerprint density at radius 2 is 2.31 bits per heavy atom. The van der Waals surface area contributed by atoms with Crippen molar-refractivity contribution in [1.29, 1.82) is 0 Å². The molecule has 0 aromatic carbocycles. The smallest absolute Gasteiger partial charge is 0.309 e. The van der Waals surface area contributed by atoms with Crippen LogP contribution < -0.4 is 5.32 Å². The zero-order valence-corrected chi connectivity index (χ0v) is 10.9. The van der Waals surface area contributed by atoms with Crippen molar-refractivity contribution < 1.29 is 9.53 Å². The summed E-state index contributed by atoms with van der Waals surface area (Å²) in [6.07, 6.45) is 1.86. The fourth-order valence-corrected chi connectivity index (χ4v) is 2.10. The Morgan fingerprint density at radius 3 is 2.81 bits per heavy atom. The van der Waals surface area contributed by atoms with E-state index in [2.05, 4.69) is 15.0 Å². The maximum atomic E-state index is 11.2. The van der Waals surface area contributed by atoms with E-state index >= 15 is 0 Å². The van der Waals surface area contributed by atoms with Crippen molar-refractivity contribution >= 4 is 17.3 Å². The van der Waals surface area contributed by atoms with E-state index in [1.807, 2.05) is 27.0 Å². The van der Waals surface area contributed by atoms with Gasteiger partial charge in [0.15, 0.2) is 0 Å². The van der Waals surface area contributed by atoms with Crippen molar-refractivity contribution in [2.24, 2.45) is 5.92 Å². The first-order chi connectivity index (χ1) is 7.54. The molecule has 4 nitrogen and oxygen atoms in total. The number of thiazole rings is 1. The third kappa shape index (κ3) is 3.57. The zero-order valence-electron chi connectivity index (χ0n) is 10.1. The number of nitrogens with one attached hydrogen (secondary N) is 1. The molecule has 0 spiro atoms. The van der Waals surface area contributed by atoms with Gasteiger partial charge in [0.25, 0.3) is 0 Å². The van der Waals surface area contributed by atoms with Crippen molar-refractivity contribution in [3.63, 3.8) is 0 Å². The normalized spacial score (nSPS) is 14.5. The Balaban J connectivity index is 2.41.